The Hall–Kier alpha value is -0.120. The smallest absolute Gasteiger partial charge is 0.0624 e. The molecule has 3 aliphatic rings. The largest absolute Gasteiger partial charge is 0.375 e. The summed E-state index contributed by atoms with van der Waals surface area (Å²) >= 11 is 0. The van der Waals surface area contributed by atoms with E-state index in [0.717, 1.165) is 11.8 Å². The molecule has 2 bridgehead atoms. The Morgan fingerprint density at radius 2 is 1.94 bits per heavy atom. The van der Waals surface area contributed by atoms with Crippen LogP contribution in [0.2, 0.25) is 0 Å². The van der Waals surface area contributed by atoms with Crippen molar-refractivity contribution in [1.82, 2.24) is 5.43 Å². The third-order valence-corrected chi connectivity index (χ3v) is 5.78. The fraction of sp³-hybridized carbons (Fsp3) is 1.00. The molecular weight excluding hydrogens is 224 g/mol. The van der Waals surface area contributed by atoms with E-state index in [1.54, 1.807) is 0 Å². The predicted molar refractivity (Wildman–Crippen MR) is 72.9 cm³/mol. The lowest BCUT2D eigenvalue weighted by Gasteiger charge is -2.38. The van der Waals surface area contributed by atoms with Gasteiger partial charge < -0.3 is 4.74 Å². The minimum absolute atomic E-state index is 0.498. The molecule has 0 spiro atoms. The van der Waals surface area contributed by atoms with Crippen molar-refractivity contribution < 1.29 is 4.74 Å². The monoisotopic (exact) mass is 252 g/mol. The quantitative estimate of drug-likeness (QED) is 0.597. The first-order valence-electron chi connectivity index (χ1n) is 7.93. The van der Waals surface area contributed by atoms with Gasteiger partial charge in [0, 0.05) is 12.0 Å². The van der Waals surface area contributed by atoms with E-state index >= 15 is 0 Å². The highest BCUT2D eigenvalue weighted by molar-refractivity contribution is 4.97. The Labute approximate surface area is 111 Å². The van der Waals surface area contributed by atoms with Gasteiger partial charge in [-0.1, -0.05) is 26.2 Å². The van der Waals surface area contributed by atoms with Crippen LogP contribution in [-0.2, 0) is 4.74 Å². The van der Waals surface area contributed by atoms with Crippen LogP contribution in [0.25, 0.3) is 0 Å². The number of nitrogens with one attached hydrogen (secondary N) is 1. The molecule has 3 heteroatoms. The molecule has 4 unspecified atom stereocenters. The van der Waals surface area contributed by atoms with Crippen LogP contribution in [0, 0.1) is 17.8 Å². The van der Waals surface area contributed by atoms with Gasteiger partial charge in [0.05, 0.1) is 12.2 Å². The van der Waals surface area contributed by atoms with Crippen molar-refractivity contribution in [1.29, 1.82) is 0 Å². The summed E-state index contributed by atoms with van der Waals surface area (Å²) in [6.07, 6.45) is 11.7. The van der Waals surface area contributed by atoms with Gasteiger partial charge in [-0.2, -0.15) is 0 Å². The molecule has 0 amide bonds. The van der Waals surface area contributed by atoms with Crippen LogP contribution in [0.5, 0.6) is 0 Å². The van der Waals surface area contributed by atoms with Crippen LogP contribution in [0.1, 0.15) is 58.3 Å². The van der Waals surface area contributed by atoms with E-state index in [4.69, 9.17) is 10.6 Å². The number of hydrogen-bond acceptors (Lipinski definition) is 3. The summed E-state index contributed by atoms with van der Waals surface area (Å²) in [6.45, 7) is 2.33. The molecular formula is C15H28N2O. The van der Waals surface area contributed by atoms with Crippen LogP contribution in [0.3, 0.4) is 0 Å². The maximum absolute atomic E-state index is 6.01. The average molecular weight is 252 g/mol. The van der Waals surface area contributed by atoms with Gasteiger partial charge in [-0.25, -0.2) is 0 Å². The van der Waals surface area contributed by atoms with Crippen LogP contribution in [0.15, 0.2) is 0 Å². The van der Waals surface area contributed by atoms with Crippen molar-refractivity contribution in [2.45, 2.75) is 76.5 Å². The van der Waals surface area contributed by atoms with E-state index in [1.807, 2.05) is 0 Å². The minimum Gasteiger partial charge on any atom is -0.375 e. The number of hydrogen-bond donors (Lipinski definition) is 2. The van der Waals surface area contributed by atoms with E-state index in [-0.39, 0.29) is 0 Å². The van der Waals surface area contributed by atoms with Crippen molar-refractivity contribution in [2.24, 2.45) is 23.6 Å². The van der Waals surface area contributed by atoms with Gasteiger partial charge in [0.1, 0.15) is 0 Å². The predicted octanol–water partition coefficient (Wildman–Crippen LogP) is 2.60. The summed E-state index contributed by atoms with van der Waals surface area (Å²) in [6, 6.07) is 0.498. The molecule has 3 nitrogen and oxygen atoms in total. The van der Waals surface area contributed by atoms with E-state index in [0.29, 0.717) is 24.2 Å². The first kappa shape index (κ1) is 12.9. The molecule has 0 aromatic carbocycles. The van der Waals surface area contributed by atoms with Crippen LogP contribution in [0.4, 0.5) is 0 Å². The van der Waals surface area contributed by atoms with Crippen molar-refractivity contribution in [3.05, 3.63) is 0 Å². The number of fused-ring (bicyclic) bond motifs is 2. The zero-order valence-corrected chi connectivity index (χ0v) is 11.6. The van der Waals surface area contributed by atoms with Gasteiger partial charge in [0.25, 0.3) is 0 Å². The first-order valence-corrected chi connectivity index (χ1v) is 7.93. The zero-order valence-electron chi connectivity index (χ0n) is 11.6. The minimum atomic E-state index is 0.498. The SMILES string of the molecule is CCC1CCC(C(NN)C2CC3CCC2O3)CC1. The number of nitrogens with two attached hydrogens (primary N) is 1. The van der Waals surface area contributed by atoms with E-state index in [9.17, 15) is 0 Å². The fourth-order valence-electron chi connectivity index (χ4n) is 4.62. The van der Waals surface area contributed by atoms with E-state index in [2.05, 4.69) is 12.3 Å². The Morgan fingerprint density at radius 1 is 1.17 bits per heavy atom. The lowest BCUT2D eigenvalue weighted by Crippen LogP contribution is -2.49. The van der Waals surface area contributed by atoms with Crippen LogP contribution >= 0.6 is 0 Å². The summed E-state index contributed by atoms with van der Waals surface area (Å²) in [5, 5.41) is 0. The van der Waals surface area contributed by atoms with Crippen molar-refractivity contribution in [3.63, 3.8) is 0 Å². The molecule has 3 rings (SSSR count). The number of rotatable bonds is 4. The first-order chi connectivity index (χ1) is 8.81. The fourth-order valence-corrected chi connectivity index (χ4v) is 4.62. The van der Waals surface area contributed by atoms with Gasteiger partial charge in [-0.05, 0) is 43.9 Å². The Kier molecular flexibility index (Phi) is 3.92. The number of hydrazine groups is 1. The third kappa shape index (κ3) is 2.33. The molecule has 18 heavy (non-hydrogen) atoms. The second kappa shape index (κ2) is 5.48. The van der Waals surface area contributed by atoms with Gasteiger partial charge in [-0.15, -0.1) is 0 Å². The molecule has 104 valence electrons. The Morgan fingerprint density at radius 3 is 2.44 bits per heavy atom. The highest BCUT2D eigenvalue weighted by atomic mass is 16.5. The summed E-state index contributed by atoms with van der Waals surface area (Å²) in [5.41, 5.74) is 3.15. The summed E-state index contributed by atoms with van der Waals surface area (Å²) in [7, 11) is 0. The third-order valence-electron chi connectivity index (χ3n) is 5.78. The van der Waals surface area contributed by atoms with E-state index < -0.39 is 0 Å². The van der Waals surface area contributed by atoms with Crippen LogP contribution in [-0.4, -0.2) is 18.2 Å². The Bertz CT molecular complexity index is 276. The topological polar surface area (TPSA) is 47.3 Å². The molecule has 2 saturated heterocycles. The van der Waals surface area contributed by atoms with Crippen LogP contribution < -0.4 is 11.3 Å². The normalized spacial score (nSPS) is 45.3. The van der Waals surface area contributed by atoms with Gasteiger partial charge in [0.15, 0.2) is 0 Å². The standard InChI is InChI=1S/C15H28N2O/c1-2-10-3-5-11(6-4-10)15(17-16)13-9-12-7-8-14(13)18-12/h10-15,17H,2-9,16H2,1H3. The van der Waals surface area contributed by atoms with Gasteiger partial charge >= 0.3 is 0 Å². The molecule has 3 fully saturated rings. The van der Waals surface area contributed by atoms with Crippen molar-refractivity contribution >= 4 is 0 Å². The highest BCUT2D eigenvalue weighted by Crippen LogP contribution is 2.44. The van der Waals surface area contributed by atoms with Gasteiger partial charge in [-0.3, -0.25) is 11.3 Å². The zero-order chi connectivity index (χ0) is 12.5. The summed E-state index contributed by atoms with van der Waals surface area (Å²) in [4.78, 5) is 0. The molecule has 0 aromatic heterocycles. The molecule has 1 aliphatic carbocycles. The molecule has 2 heterocycles. The maximum atomic E-state index is 6.01. The Balaban J connectivity index is 1.59. The molecule has 4 atom stereocenters. The lowest BCUT2D eigenvalue weighted by molar-refractivity contribution is 0.0732. The molecule has 1 saturated carbocycles. The molecule has 3 N–H and O–H groups in total. The molecule has 2 aliphatic heterocycles. The summed E-state index contributed by atoms with van der Waals surface area (Å²) in [5.74, 6) is 8.31. The molecule has 0 radical (unpaired) electrons. The lowest BCUT2D eigenvalue weighted by atomic mass is 9.71. The number of ether oxygens (including phenoxy) is 1. The average Bonchev–Trinajstić information content (AvgIpc) is 3.03. The van der Waals surface area contributed by atoms with E-state index in [1.165, 1.54) is 51.4 Å². The second-order valence-electron chi connectivity index (χ2n) is 6.65. The second-order valence-corrected chi connectivity index (χ2v) is 6.65. The van der Waals surface area contributed by atoms with Gasteiger partial charge in [0.2, 0.25) is 0 Å². The van der Waals surface area contributed by atoms with Crippen molar-refractivity contribution in [3.8, 4) is 0 Å². The highest BCUT2D eigenvalue weighted by Gasteiger charge is 2.46. The summed E-state index contributed by atoms with van der Waals surface area (Å²) < 4.78 is 6.01. The molecule has 0 aromatic rings. The van der Waals surface area contributed by atoms with Crippen molar-refractivity contribution in [2.75, 3.05) is 0 Å². The maximum Gasteiger partial charge on any atom is 0.0624 e.